The predicted octanol–water partition coefficient (Wildman–Crippen LogP) is 3.61. The molecule has 1 aliphatic heterocycles. The van der Waals surface area contributed by atoms with Crippen molar-refractivity contribution in [1.29, 1.82) is 0 Å². The van der Waals surface area contributed by atoms with Crippen LogP contribution in [0.15, 0.2) is 20.9 Å². The SMILES string of the molecule is CCNC(=NCCCSc1nccs1)NC1CCN(C(=O)C(CC)CC)CC1. The monoisotopic (exact) mass is 425 g/mol. The maximum atomic E-state index is 12.5. The molecule has 158 valence electrons. The van der Waals surface area contributed by atoms with Crippen molar-refractivity contribution in [1.82, 2.24) is 20.5 Å². The van der Waals surface area contributed by atoms with Crippen molar-refractivity contribution >= 4 is 35.0 Å². The van der Waals surface area contributed by atoms with Gasteiger partial charge < -0.3 is 15.5 Å². The number of likely N-dealkylation sites (tertiary alicyclic amines) is 1. The molecule has 0 aromatic carbocycles. The van der Waals surface area contributed by atoms with Crippen LogP contribution in [0.25, 0.3) is 0 Å². The number of carbonyl (C=O) groups is 1. The average molecular weight is 426 g/mol. The zero-order valence-electron chi connectivity index (χ0n) is 17.4. The van der Waals surface area contributed by atoms with E-state index in [1.165, 1.54) is 0 Å². The van der Waals surface area contributed by atoms with Gasteiger partial charge in [-0.25, -0.2) is 4.98 Å². The highest BCUT2D eigenvalue weighted by molar-refractivity contribution is 8.00. The van der Waals surface area contributed by atoms with Crippen LogP contribution in [0.1, 0.15) is 52.9 Å². The maximum Gasteiger partial charge on any atom is 0.225 e. The van der Waals surface area contributed by atoms with Crippen LogP contribution >= 0.6 is 23.1 Å². The van der Waals surface area contributed by atoms with Crippen molar-refractivity contribution in [2.75, 3.05) is 31.9 Å². The molecular formula is C20H35N5OS2. The summed E-state index contributed by atoms with van der Waals surface area (Å²) >= 11 is 3.49. The van der Waals surface area contributed by atoms with Gasteiger partial charge in [-0.05, 0) is 39.0 Å². The van der Waals surface area contributed by atoms with E-state index in [4.69, 9.17) is 4.99 Å². The van der Waals surface area contributed by atoms with Crippen molar-refractivity contribution in [2.45, 2.75) is 63.3 Å². The fraction of sp³-hybridized carbons (Fsp3) is 0.750. The molecule has 1 fully saturated rings. The van der Waals surface area contributed by atoms with Crippen molar-refractivity contribution in [3.8, 4) is 0 Å². The predicted molar refractivity (Wildman–Crippen MR) is 120 cm³/mol. The first kappa shape index (κ1) is 23.0. The minimum absolute atomic E-state index is 0.186. The Morgan fingerprint density at radius 1 is 1.36 bits per heavy atom. The second kappa shape index (κ2) is 13.0. The van der Waals surface area contributed by atoms with Crippen molar-refractivity contribution in [3.63, 3.8) is 0 Å². The minimum Gasteiger partial charge on any atom is -0.357 e. The Morgan fingerprint density at radius 2 is 2.11 bits per heavy atom. The van der Waals surface area contributed by atoms with Gasteiger partial charge in [-0.15, -0.1) is 11.3 Å². The molecule has 2 N–H and O–H groups in total. The third-order valence-corrected chi connectivity index (χ3v) is 7.09. The minimum atomic E-state index is 0.186. The number of guanidine groups is 1. The molecule has 28 heavy (non-hydrogen) atoms. The van der Waals surface area contributed by atoms with Crippen LogP contribution in [0, 0.1) is 5.92 Å². The molecule has 0 spiro atoms. The summed E-state index contributed by atoms with van der Waals surface area (Å²) in [6.07, 6.45) is 6.72. The van der Waals surface area contributed by atoms with Crippen LogP contribution < -0.4 is 10.6 Å². The molecule has 6 nitrogen and oxygen atoms in total. The Bertz CT molecular complexity index is 581. The van der Waals surface area contributed by atoms with Gasteiger partial charge in [-0.1, -0.05) is 25.6 Å². The lowest BCUT2D eigenvalue weighted by molar-refractivity contribution is -0.136. The number of piperidine rings is 1. The van der Waals surface area contributed by atoms with E-state index < -0.39 is 0 Å². The van der Waals surface area contributed by atoms with E-state index in [1.807, 2.05) is 11.6 Å². The number of rotatable bonds is 10. The Labute approximate surface area is 178 Å². The highest BCUT2D eigenvalue weighted by Crippen LogP contribution is 2.20. The number of nitrogens with zero attached hydrogens (tertiary/aromatic N) is 3. The lowest BCUT2D eigenvalue weighted by Gasteiger charge is -2.34. The number of hydrogen-bond acceptors (Lipinski definition) is 5. The fourth-order valence-electron chi connectivity index (χ4n) is 3.35. The zero-order chi connectivity index (χ0) is 20.2. The zero-order valence-corrected chi connectivity index (χ0v) is 19.1. The molecular weight excluding hydrogens is 390 g/mol. The first-order valence-electron chi connectivity index (χ1n) is 10.5. The molecule has 8 heteroatoms. The number of thioether (sulfide) groups is 1. The summed E-state index contributed by atoms with van der Waals surface area (Å²) in [7, 11) is 0. The average Bonchev–Trinajstić information content (AvgIpc) is 3.23. The molecule has 1 aromatic rings. The Balaban J connectivity index is 1.72. The molecule has 0 atom stereocenters. The van der Waals surface area contributed by atoms with Crippen molar-refractivity contribution < 1.29 is 4.79 Å². The number of carbonyl (C=O) groups excluding carboxylic acids is 1. The molecule has 0 unspecified atom stereocenters. The first-order valence-corrected chi connectivity index (χ1v) is 12.4. The van der Waals surface area contributed by atoms with Gasteiger partial charge in [0.1, 0.15) is 4.34 Å². The van der Waals surface area contributed by atoms with Gasteiger partial charge in [-0.3, -0.25) is 9.79 Å². The summed E-state index contributed by atoms with van der Waals surface area (Å²) in [6.45, 7) is 9.65. The molecule has 1 aliphatic rings. The number of hydrogen-bond donors (Lipinski definition) is 2. The largest absolute Gasteiger partial charge is 0.357 e. The van der Waals surface area contributed by atoms with Crippen LogP contribution in [0.5, 0.6) is 0 Å². The lowest BCUT2D eigenvalue weighted by Crippen LogP contribution is -2.50. The van der Waals surface area contributed by atoms with Gasteiger partial charge >= 0.3 is 0 Å². The van der Waals surface area contributed by atoms with Gasteiger partial charge in [0.25, 0.3) is 0 Å². The topological polar surface area (TPSA) is 69.6 Å². The molecule has 0 bridgehead atoms. The van der Waals surface area contributed by atoms with Gasteiger partial charge in [0, 0.05) is 55.5 Å². The highest BCUT2D eigenvalue weighted by Gasteiger charge is 2.26. The Hall–Kier alpha value is -1.28. The number of aliphatic imine (C=N–C) groups is 1. The second-order valence-corrected chi connectivity index (χ2v) is 9.25. The van der Waals surface area contributed by atoms with Crippen molar-refractivity contribution in [3.05, 3.63) is 11.6 Å². The Morgan fingerprint density at radius 3 is 2.71 bits per heavy atom. The summed E-state index contributed by atoms with van der Waals surface area (Å²) < 4.78 is 1.13. The molecule has 1 aromatic heterocycles. The maximum absolute atomic E-state index is 12.5. The Kier molecular flexibility index (Phi) is 10.7. The smallest absolute Gasteiger partial charge is 0.225 e. The van der Waals surface area contributed by atoms with Gasteiger partial charge in [0.05, 0.1) is 0 Å². The van der Waals surface area contributed by atoms with Crippen LogP contribution in [-0.4, -0.2) is 59.7 Å². The van der Waals surface area contributed by atoms with Crippen LogP contribution in [0.2, 0.25) is 0 Å². The summed E-state index contributed by atoms with van der Waals surface area (Å²) in [5.41, 5.74) is 0. The number of amides is 1. The summed E-state index contributed by atoms with van der Waals surface area (Å²) in [5.74, 6) is 2.45. The van der Waals surface area contributed by atoms with Gasteiger partial charge in [0.2, 0.25) is 5.91 Å². The fourth-order valence-corrected chi connectivity index (χ4v) is 4.98. The normalized spacial score (nSPS) is 15.9. The van der Waals surface area contributed by atoms with E-state index in [0.29, 0.717) is 11.9 Å². The van der Waals surface area contributed by atoms with E-state index in [-0.39, 0.29) is 5.92 Å². The lowest BCUT2D eigenvalue weighted by atomic mass is 9.98. The first-order chi connectivity index (χ1) is 13.7. The third-order valence-electron chi connectivity index (χ3n) is 5.03. The van der Waals surface area contributed by atoms with Gasteiger partial charge in [0.15, 0.2) is 5.96 Å². The second-order valence-electron chi connectivity index (χ2n) is 7.02. The summed E-state index contributed by atoms with van der Waals surface area (Å²) in [4.78, 5) is 23.6. The quantitative estimate of drug-likeness (QED) is 0.259. The summed E-state index contributed by atoms with van der Waals surface area (Å²) in [5, 5.41) is 8.92. The molecule has 1 saturated heterocycles. The van der Waals surface area contributed by atoms with Crippen LogP contribution in [-0.2, 0) is 4.79 Å². The van der Waals surface area contributed by atoms with E-state index in [0.717, 1.165) is 74.3 Å². The number of nitrogens with one attached hydrogen (secondary N) is 2. The van der Waals surface area contributed by atoms with Crippen LogP contribution in [0.3, 0.4) is 0 Å². The van der Waals surface area contributed by atoms with E-state index in [9.17, 15) is 4.79 Å². The highest BCUT2D eigenvalue weighted by atomic mass is 32.2. The number of thiazole rings is 1. The molecule has 0 aliphatic carbocycles. The van der Waals surface area contributed by atoms with Gasteiger partial charge in [-0.2, -0.15) is 0 Å². The van der Waals surface area contributed by atoms with E-state index in [1.54, 1.807) is 23.1 Å². The molecule has 1 amide bonds. The molecule has 2 rings (SSSR count). The molecule has 2 heterocycles. The summed E-state index contributed by atoms with van der Waals surface area (Å²) in [6, 6.07) is 0.383. The standard InChI is InChI=1S/C20H35N5OS2/c1-4-16(5-2)18(26)25-12-8-17(9-13-25)24-19(21-6-3)22-10-7-14-27-20-23-11-15-28-20/h11,15-17H,4-10,12-14H2,1-3H3,(H2,21,22,24). The molecule has 0 saturated carbocycles. The molecule has 0 radical (unpaired) electrons. The van der Waals surface area contributed by atoms with Crippen molar-refractivity contribution in [2.24, 2.45) is 10.9 Å². The van der Waals surface area contributed by atoms with E-state index >= 15 is 0 Å². The van der Waals surface area contributed by atoms with Crippen LogP contribution in [0.4, 0.5) is 0 Å². The number of aromatic nitrogens is 1. The van der Waals surface area contributed by atoms with E-state index in [2.05, 4.69) is 41.3 Å². The third kappa shape index (κ3) is 7.62.